The predicted octanol–water partition coefficient (Wildman–Crippen LogP) is 0.470. The molecule has 5 heteroatoms. The molecular formula is C13H15N3O2. The average molecular weight is 245 g/mol. The number of β-amino-alcohol motifs (C(OH)–C–C–N with tert-alkyl or cyclic N) is 1. The first-order chi connectivity index (χ1) is 8.72. The molecule has 1 unspecified atom stereocenters. The van der Waals surface area contributed by atoms with Gasteiger partial charge in [0.1, 0.15) is 5.65 Å². The van der Waals surface area contributed by atoms with Gasteiger partial charge in [0, 0.05) is 31.7 Å². The zero-order valence-electron chi connectivity index (χ0n) is 9.99. The molecule has 0 saturated carbocycles. The van der Waals surface area contributed by atoms with Crippen molar-refractivity contribution >= 4 is 11.6 Å². The smallest absolute Gasteiger partial charge is 0.225 e. The summed E-state index contributed by atoms with van der Waals surface area (Å²) in [6.07, 6.45) is 6.27. The van der Waals surface area contributed by atoms with Gasteiger partial charge in [0.05, 0.1) is 12.5 Å². The van der Waals surface area contributed by atoms with Crippen LogP contribution in [0.3, 0.4) is 0 Å². The van der Waals surface area contributed by atoms with Crippen molar-refractivity contribution in [1.29, 1.82) is 0 Å². The first-order valence-electron chi connectivity index (χ1n) is 6.10. The monoisotopic (exact) mass is 245 g/mol. The number of nitrogens with zero attached hydrogens (tertiary/aromatic N) is 3. The molecule has 0 radical (unpaired) electrons. The Morgan fingerprint density at radius 3 is 3.11 bits per heavy atom. The zero-order valence-corrected chi connectivity index (χ0v) is 9.99. The summed E-state index contributed by atoms with van der Waals surface area (Å²) in [4.78, 5) is 17.4. The lowest BCUT2D eigenvalue weighted by Crippen LogP contribution is -2.28. The van der Waals surface area contributed by atoms with E-state index in [1.807, 2.05) is 28.9 Å². The molecule has 5 nitrogen and oxygen atoms in total. The number of carbonyl (C=O) groups excluding carboxylic acids is 1. The summed E-state index contributed by atoms with van der Waals surface area (Å²) in [5, 5.41) is 9.41. The largest absolute Gasteiger partial charge is 0.391 e. The molecule has 0 aromatic carbocycles. The fraction of sp³-hybridized carbons (Fsp3) is 0.385. The summed E-state index contributed by atoms with van der Waals surface area (Å²) >= 11 is 0. The van der Waals surface area contributed by atoms with E-state index in [-0.39, 0.29) is 12.3 Å². The standard InChI is InChI=1S/C13H15N3O2/c17-11-7-13(18)16(9-11)5-3-10-1-2-12-14-4-6-15(12)8-10/h1-2,4,6,8,11,17H,3,5,7,9H2. The van der Waals surface area contributed by atoms with Crippen LogP contribution in [0.2, 0.25) is 0 Å². The molecule has 18 heavy (non-hydrogen) atoms. The lowest BCUT2D eigenvalue weighted by atomic mass is 10.2. The highest BCUT2D eigenvalue weighted by atomic mass is 16.3. The summed E-state index contributed by atoms with van der Waals surface area (Å²) in [7, 11) is 0. The van der Waals surface area contributed by atoms with E-state index in [9.17, 15) is 9.90 Å². The van der Waals surface area contributed by atoms with Gasteiger partial charge in [-0.2, -0.15) is 0 Å². The van der Waals surface area contributed by atoms with E-state index in [4.69, 9.17) is 0 Å². The van der Waals surface area contributed by atoms with Gasteiger partial charge in [0.25, 0.3) is 0 Å². The van der Waals surface area contributed by atoms with Crippen LogP contribution in [0.25, 0.3) is 5.65 Å². The quantitative estimate of drug-likeness (QED) is 0.855. The highest BCUT2D eigenvalue weighted by molar-refractivity contribution is 5.79. The SMILES string of the molecule is O=C1CC(O)CN1CCc1ccc2nccn2c1. The van der Waals surface area contributed by atoms with Crippen LogP contribution in [0.1, 0.15) is 12.0 Å². The first kappa shape index (κ1) is 11.2. The van der Waals surface area contributed by atoms with Crippen LogP contribution in [-0.4, -0.2) is 44.5 Å². The van der Waals surface area contributed by atoms with Crippen molar-refractivity contribution < 1.29 is 9.90 Å². The van der Waals surface area contributed by atoms with Crippen LogP contribution < -0.4 is 0 Å². The Kier molecular flexibility index (Phi) is 2.76. The Bertz CT molecular complexity index is 578. The molecule has 2 aromatic heterocycles. The minimum Gasteiger partial charge on any atom is -0.391 e. The van der Waals surface area contributed by atoms with Crippen LogP contribution in [0, 0.1) is 0 Å². The molecule has 1 aliphatic rings. The number of amides is 1. The number of pyridine rings is 1. The normalized spacial score (nSPS) is 19.9. The van der Waals surface area contributed by atoms with E-state index >= 15 is 0 Å². The summed E-state index contributed by atoms with van der Waals surface area (Å²) in [5.74, 6) is 0.0474. The average Bonchev–Trinajstić information content (AvgIpc) is 2.92. The highest BCUT2D eigenvalue weighted by Gasteiger charge is 2.27. The van der Waals surface area contributed by atoms with Gasteiger partial charge in [-0.25, -0.2) is 4.98 Å². The number of likely N-dealkylation sites (tertiary alicyclic amines) is 1. The van der Waals surface area contributed by atoms with Crippen LogP contribution in [-0.2, 0) is 11.2 Å². The van der Waals surface area contributed by atoms with Crippen LogP contribution in [0.15, 0.2) is 30.7 Å². The van der Waals surface area contributed by atoms with E-state index in [2.05, 4.69) is 4.98 Å². The van der Waals surface area contributed by atoms with Gasteiger partial charge in [-0.3, -0.25) is 4.79 Å². The topological polar surface area (TPSA) is 57.8 Å². The maximum absolute atomic E-state index is 11.5. The van der Waals surface area contributed by atoms with Gasteiger partial charge in [-0.05, 0) is 18.1 Å². The van der Waals surface area contributed by atoms with Gasteiger partial charge in [0.15, 0.2) is 0 Å². The third-order valence-electron chi connectivity index (χ3n) is 3.31. The Balaban J connectivity index is 1.67. The number of imidazole rings is 1. The Labute approximate surface area is 105 Å². The third kappa shape index (κ3) is 2.09. The van der Waals surface area contributed by atoms with Crippen molar-refractivity contribution in [3.63, 3.8) is 0 Å². The van der Waals surface area contributed by atoms with Crippen LogP contribution in [0.5, 0.6) is 0 Å². The van der Waals surface area contributed by atoms with Crippen molar-refractivity contribution in [3.05, 3.63) is 36.3 Å². The minimum absolute atomic E-state index is 0.0474. The molecular weight excluding hydrogens is 230 g/mol. The molecule has 1 N–H and O–H groups in total. The van der Waals surface area contributed by atoms with Crippen LogP contribution >= 0.6 is 0 Å². The number of fused-ring (bicyclic) bond motifs is 1. The van der Waals surface area contributed by atoms with Crippen molar-refractivity contribution in [2.75, 3.05) is 13.1 Å². The van der Waals surface area contributed by atoms with Crippen LogP contribution in [0.4, 0.5) is 0 Å². The molecule has 1 amide bonds. The molecule has 0 aliphatic carbocycles. The second-order valence-electron chi connectivity index (χ2n) is 4.68. The summed E-state index contributed by atoms with van der Waals surface area (Å²) in [6, 6.07) is 4.00. The van der Waals surface area contributed by atoms with Gasteiger partial charge in [-0.15, -0.1) is 0 Å². The number of hydrogen-bond acceptors (Lipinski definition) is 3. The molecule has 1 aliphatic heterocycles. The number of aliphatic hydroxyl groups excluding tert-OH is 1. The van der Waals surface area contributed by atoms with Crippen molar-refractivity contribution in [1.82, 2.24) is 14.3 Å². The molecule has 2 aromatic rings. The Hall–Kier alpha value is -1.88. The maximum Gasteiger partial charge on any atom is 0.225 e. The Morgan fingerprint density at radius 1 is 1.44 bits per heavy atom. The van der Waals surface area contributed by atoms with Gasteiger partial charge >= 0.3 is 0 Å². The van der Waals surface area contributed by atoms with Crippen molar-refractivity contribution in [2.45, 2.75) is 18.9 Å². The maximum atomic E-state index is 11.5. The Morgan fingerprint density at radius 2 is 2.33 bits per heavy atom. The highest BCUT2D eigenvalue weighted by Crippen LogP contribution is 2.12. The fourth-order valence-electron chi connectivity index (χ4n) is 2.35. The summed E-state index contributed by atoms with van der Waals surface area (Å²) in [5.41, 5.74) is 2.08. The van der Waals surface area contributed by atoms with Crippen molar-refractivity contribution in [2.24, 2.45) is 0 Å². The molecule has 1 atom stereocenters. The lowest BCUT2D eigenvalue weighted by molar-refractivity contribution is -0.127. The zero-order chi connectivity index (χ0) is 12.5. The molecule has 0 spiro atoms. The van der Waals surface area contributed by atoms with E-state index in [0.717, 1.165) is 17.6 Å². The summed E-state index contributed by atoms with van der Waals surface area (Å²) < 4.78 is 1.97. The predicted molar refractivity (Wildman–Crippen MR) is 66.1 cm³/mol. The van der Waals surface area contributed by atoms with Gasteiger partial charge in [0.2, 0.25) is 5.91 Å². The number of hydrogen-bond donors (Lipinski definition) is 1. The number of carbonyl (C=O) groups is 1. The first-order valence-corrected chi connectivity index (χ1v) is 6.10. The molecule has 3 heterocycles. The lowest BCUT2D eigenvalue weighted by Gasteiger charge is -2.15. The van der Waals surface area contributed by atoms with Crippen molar-refractivity contribution in [3.8, 4) is 0 Å². The van der Waals surface area contributed by atoms with Gasteiger partial charge in [-0.1, -0.05) is 6.07 Å². The second-order valence-corrected chi connectivity index (χ2v) is 4.68. The van der Waals surface area contributed by atoms with E-state index in [1.165, 1.54) is 0 Å². The van der Waals surface area contributed by atoms with E-state index in [0.29, 0.717) is 13.1 Å². The molecule has 94 valence electrons. The molecule has 0 bridgehead atoms. The third-order valence-corrected chi connectivity index (χ3v) is 3.31. The number of rotatable bonds is 3. The van der Waals surface area contributed by atoms with Gasteiger partial charge < -0.3 is 14.4 Å². The van der Waals surface area contributed by atoms with E-state index in [1.54, 1.807) is 11.1 Å². The minimum atomic E-state index is -0.492. The number of aliphatic hydroxyl groups is 1. The summed E-state index contributed by atoms with van der Waals surface area (Å²) in [6.45, 7) is 1.13. The van der Waals surface area contributed by atoms with E-state index < -0.39 is 6.10 Å². The second kappa shape index (κ2) is 4.42. The number of aromatic nitrogens is 2. The molecule has 3 rings (SSSR count). The molecule has 1 saturated heterocycles. The fourth-order valence-corrected chi connectivity index (χ4v) is 2.35. The molecule has 1 fully saturated rings.